The highest BCUT2D eigenvalue weighted by Crippen LogP contribution is 2.28. The van der Waals surface area contributed by atoms with Crippen LogP contribution >= 0.6 is 11.8 Å². The Balaban J connectivity index is 2.77. The van der Waals surface area contributed by atoms with Crippen molar-refractivity contribution < 1.29 is 5.11 Å². The fraction of sp³-hybridized carbons (Fsp3) is 0.647. The van der Waals surface area contributed by atoms with Crippen LogP contribution in [0, 0.1) is 0 Å². The normalized spacial score (nSPS) is 15.8. The van der Waals surface area contributed by atoms with Crippen molar-refractivity contribution in [2.75, 3.05) is 18.9 Å². The molecule has 20 heavy (non-hydrogen) atoms. The van der Waals surface area contributed by atoms with E-state index in [-0.39, 0.29) is 12.1 Å². The molecule has 0 aliphatic heterocycles. The molecule has 0 saturated heterocycles. The number of aliphatic hydroxyl groups excluding tert-OH is 1. The van der Waals surface area contributed by atoms with Crippen LogP contribution in [-0.4, -0.2) is 29.3 Å². The Labute approximate surface area is 128 Å². The molecule has 0 aromatic heterocycles. The predicted molar refractivity (Wildman–Crippen MR) is 90.3 cm³/mol. The summed E-state index contributed by atoms with van der Waals surface area (Å²) in [6.07, 6.45) is 3.24. The van der Waals surface area contributed by atoms with E-state index in [2.05, 4.69) is 50.4 Å². The minimum Gasteiger partial charge on any atom is -0.394 e. The average Bonchev–Trinajstić information content (AvgIpc) is 2.51. The minimum atomic E-state index is -0.294. The van der Waals surface area contributed by atoms with Gasteiger partial charge in [-0.1, -0.05) is 51.1 Å². The zero-order valence-corrected chi connectivity index (χ0v) is 13.9. The van der Waals surface area contributed by atoms with E-state index in [0.717, 1.165) is 25.1 Å². The molecule has 0 fully saturated rings. The highest BCUT2D eigenvalue weighted by molar-refractivity contribution is 7.99. The molecule has 114 valence electrons. The predicted octanol–water partition coefficient (Wildman–Crippen LogP) is 3.80. The van der Waals surface area contributed by atoms with Gasteiger partial charge >= 0.3 is 0 Å². The maximum Gasteiger partial charge on any atom is 0.0677 e. The van der Waals surface area contributed by atoms with Gasteiger partial charge in [0, 0.05) is 5.25 Å². The smallest absolute Gasteiger partial charge is 0.0677 e. The van der Waals surface area contributed by atoms with Crippen LogP contribution in [0.2, 0.25) is 0 Å². The Kier molecular flexibility index (Phi) is 8.27. The van der Waals surface area contributed by atoms with Crippen LogP contribution in [-0.2, 0) is 5.54 Å². The van der Waals surface area contributed by atoms with E-state index in [4.69, 9.17) is 0 Å². The topological polar surface area (TPSA) is 32.3 Å². The molecule has 2 atom stereocenters. The molecule has 2 N–H and O–H groups in total. The highest BCUT2D eigenvalue weighted by atomic mass is 32.2. The number of hydrogen-bond acceptors (Lipinski definition) is 3. The van der Waals surface area contributed by atoms with Crippen molar-refractivity contribution >= 4 is 11.8 Å². The molecule has 2 unspecified atom stereocenters. The van der Waals surface area contributed by atoms with Crippen molar-refractivity contribution in [3.05, 3.63) is 35.9 Å². The summed E-state index contributed by atoms with van der Waals surface area (Å²) in [5.74, 6) is 1.07. The molecule has 2 nitrogen and oxygen atoms in total. The maximum atomic E-state index is 10.0. The molecule has 0 aliphatic carbocycles. The molecular formula is C17H29NOS. The third-order valence-electron chi connectivity index (χ3n) is 3.82. The lowest BCUT2D eigenvalue weighted by molar-refractivity contribution is 0.157. The van der Waals surface area contributed by atoms with E-state index in [1.54, 1.807) is 0 Å². The fourth-order valence-electron chi connectivity index (χ4n) is 2.23. The Morgan fingerprint density at radius 3 is 2.50 bits per heavy atom. The first-order valence-corrected chi connectivity index (χ1v) is 8.76. The van der Waals surface area contributed by atoms with Gasteiger partial charge < -0.3 is 10.4 Å². The second-order valence-electron chi connectivity index (χ2n) is 5.37. The summed E-state index contributed by atoms with van der Waals surface area (Å²) in [5, 5.41) is 14.3. The van der Waals surface area contributed by atoms with Crippen molar-refractivity contribution in [2.24, 2.45) is 0 Å². The van der Waals surface area contributed by atoms with E-state index in [1.807, 2.05) is 17.8 Å². The van der Waals surface area contributed by atoms with Crippen LogP contribution in [0.4, 0.5) is 0 Å². The Morgan fingerprint density at radius 2 is 1.95 bits per heavy atom. The van der Waals surface area contributed by atoms with Gasteiger partial charge in [0.15, 0.2) is 0 Å². The maximum absolute atomic E-state index is 10.0. The van der Waals surface area contributed by atoms with Crippen molar-refractivity contribution in [2.45, 2.75) is 50.8 Å². The monoisotopic (exact) mass is 295 g/mol. The Hall–Kier alpha value is -0.510. The lowest BCUT2D eigenvalue weighted by Gasteiger charge is -2.34. The van der Waals surface area contributed by atoms with E-state index < -0.39 is 0 Å². The summed E-state index contributed by atoms with van der Waals surface area (Å²) in [4.78, 5) is 0. The second kappa shape index (κ2) is 9.43. The van der Waals surface area contributed by atoms with Crippen LogP contribution in [0.25, 0.3) is 0 Å². The van der Waals surface area contributed by atoms with Gasteiger partial charge in [0.25, 0.3) is 0 Å². The molecule has 0 aliphatic rings. The molecule has 0 saturated carbocycles. The second-order valence-corrected chi connectivity index (χ2v) is 6.92. The lowest BCUT2D eigenvalue weighted by Crippen LogP contribution is -2.46. The first-order chi connectivity index (χ1) is 9.68. The largest absolute Gasteiger partial charge is 0.394 e. The molecule has 1 aromatic rings. The van der Waals surface area contributed by atoms with Gasteiger partial charge in [-0.2, -0.15) is 11.8 Å². The summed E-state index contributed by atoms with van der Waals surface area (Å²) >= 11 is 2.00. The summed E-state index contributed by atoms with van der Waals surface area (Å²) in [5.41, 5.74) is 0.901. The number of rotatable bonds is 10. The highest BCUT2D eigenvalue weighted by Gasteiger charge is 2.30. The van der Waals surface area contributed by atoms with Crippen LogP contribution in [0.15, 0.2) is 30.3 Å². The fourth-order valence-corrected chi connectivity index (χ4v) is 3.34. The number of hydrogen-bond donors (Lipinski definition) is 2. The van der Waals surface area contributed by atoms with Gasteiger partial charge in [-0.05, 0) is 37.1 Å². The molecule has 1 rings (SSSR count). The molecule has 0 spiro atoms. The zero-order chi connectivity index (χ0) is 14.8. The number of thioether (sulfide) groups is 1. The number of nitrogens with one attached hydrogen (secondary N) is 1. The first kappa shape index (κ1) is 17.5. The van der Waals surface area contributed by atoms with Crippen molar-refractivity contribution in [1.82, 2.24) is 5.32 Å². The van der Waals surface area contributed by atoms with Gasteiger partial charge in [-0.3, -0.25) is 0 Å². The quantitative estimate of drug-likeness (QED) is 0.689. The number of benzene rings is 1. The summed E-state index contributed by atoms with van der Waals surface area (Å²) in [6, 6.07) is 10.4. The third kappa shape index (κ3) is 5.12. The van der Waals surface area contributed by atoms with Crippen LogP contribution in [0.1, 0.15) is 45.6 Å². The first-order valence-electron chi connectivity index (χ1n) is 7.71. The standard InChI is InChI=1S/C17H29NOS/c1-4-12-18-17(14-19,11-13-20-15(3)5-2)16-9-7-6-8-10-16/h6-10,15,18-19H,4-5,11-14H2,1-3H3. The average molecular weight is 295 g/mol. The van der Waals surface area contributed by atoms with E-state index >= 15 is 0 Å². The van der Waals surface area contributed by atoms with Gasteiger partial charge in [0.1, 0.15) is 0 Å². The summed E-state index contributed by atoms with van der Waals surface area (Å²) < 4.78 is 0. The number of aliphatic hydroxyl groups is 1. The third-order valence-corrected chi connectivity index (χ3v) is 5.16. The van der Waals surface area contributed by atoms with Crippen LogP contribution in [0.3, 0.4) is 0 Å². The lowest BCUT2D eigenvalue weighted by atomic mass is 9.88. The van der Waals surface area contributed by atoms with Gasteiger partial charge in [-0.15, -0.1) is 0 Å². The molecule has 0 bridgehead atoms. The molecule has 3 heteroatoms. The van der Waals surface area contributed by atoms with E-state index in [9.17, 15) is 5.11 Å². The van der Waals surface area contributed by atoms with Crippen molar-refractivity contribution in [3.63, 3.8) is 0 Å². The molecule has 1 aromatic carbocycles. The van der Waals surface area contributed by atoms with Gasteiger partial charge in [-0.25, -0.2) is 0 Å². The van der Waals surface area contributed by atoms with E-state index in [0.29, 0.717) is 5.25 Å². The van der Waals surface area contributed by atoms with Crippen molar-refractivity contribution in [1.29, 1.82) is 0 Å². The SMILES string of the molecule is CCCNC(CO)(CCSC(C)CC)c1ccccc1. The summed E-state index contributed by atoms with van der Waals surface area (Å²) in [6.45, 7) is 7.74. The van der Waals surface area contributed by atoms with Gasteiger partial charge in [0.2, 0.25) is 0 Å². The summed E-state index contributed by atoms with van der Waals surface area (Å²) in [7, 11) is 0. The zero-order valence-electron chi connectivity index (χ0n) is 13.1. The molecular weight excluding hydrogens is 266 g/mol. The van der Waals surface area contributed by atoms with E-state index in [1.165, 1.54) is 12.0 Å². The minimum absolute atomic E-state index is 0.151. The Morgan fingerprint density at radius 1 is 1.25 bits per heavy atom. The van der Waals surface area contributed by atoms with Gasteiger partial charge in [0.05, 0.1) is 12.1 Å². The van der Waals surface area contributed by atoms with Crippen molar-refractivity contribution in [3.8, 4) is 0 Å². The molecule has 0 radical (unpaired) electrons. The Bertz CT molecular complexity index is 357. The molecule has 0 amide bonds. The van der Waals surface area contributed by atoms with Crippen LogP contribution < -0.4 is 5.32 Å². The van der Waals surface area contributed by atoms with Crippen LogP contribution in [0.5, 0.6) is 0 Å². The molecule has 0 heterocycles.